The fourth-order valence-electron chi connectivity index (χ4n) is 8.82. The van der Waals surface area contributed by atoms with Crippen molar-refractivity contribution in [3.63, 3.8) is 0 Å². The molecule has 0 bridgehead atoms. The minimum absolute atomic E-state index is 0.0299. The number of amides is 2. The number of aliphatic hydroxyl groups excluding tert-OH is 2. The number of fused-ring (bicyclic) bond motifs is 2. The van der Waals surface area contributed by atoms with Gasteiger partial charge in [0.1, 0.15) is 77.3 Å². The van der Waals surface area contributed by atoms with Gasteiger partial charge in [-0.1, -0.05) is 41.9 Å². The molecule has 0 aliphatic carbocycles. The van der Waals surface area contributed by atoms with Gasteiger partial charge in [-0.3, -0.25) is 9.68 Å². The fourth-order valence-corrected chi connectivity index (χ4v) is 8.82. The predicted octanol–water partition coefficient (Wildman–Crippen LogP) is 4.63. The molecule has 6 rings (SSSR count). The minimum atomic E-state index is -1.53. The SMILES string of the molecule is C#CCO/N=C(\C)c1c(O)c2ccc(OC3O[C@@](C)(CC)C(OC)C(OC(=O)NOCC#C)C3O)c(C)c2oc1=O.C#CCONC(=O)OC1C(O)C(Oc2ccc3c(O)c(/C(C)=N/OCC)c(=O)oc3c2C)O[C@@](C)(CC)C1OC. The van der Waals surface area contributed by atoms with Crippen molar-refractivity contribution in [1.29, 1.82) is 0 Å². The quantitative estimate of drug-likeness (QED) is 0.0231. The van der Waals surface area contributed by atoms with Gasteiger partial charge in [-0.15, -0.1) is 19.3 Å². The zero-order valence-electron chi connectivity index (χ0n) is 46.4. The van der Waals surface area contributed by atoms with E-state index in [0.29, 0.717) is 24.0 Å². The Kier molecular flexibility index (Phi) is 22.3. The number of benzene rings is 2. The van der Waals surface area contributed by atoms with E-state index < -0.39 is 83.8 Å². The Labute approximate surface area is 465 Å². The highest BCUT2D eigenvalue weighted by Crippen LogP contribution is 2.41. The van der Waals surface area contributed by atoms with Crippen LogP contribution in [0.1, 0.15) is 83.6 Å². The summed E-state index contributed by atoms with van der Waals surface area (Å²) in [5.74, 6) is 6.26. The number of ether oxygens (including phenoxy) is 8. The zero-order valence-corrected chi connectivity index (χ0v) is 46.4. The summed E-state index contributed by atoms with van der Waals surface area (Å²) in [4.78, 5) is 69.6. The third-order valence-corrected chi connectivity index (χ3v) is 13.2. The van der Waals surface area contributed by atoms with Crippen LogP contribution < -0.4 is 31.7 Å². The summed E-state index contributed by atoms with van der Waals surface area (Å²) in [5, 5.41) is 52.0. The van der Waals surface area contributed by atoms with Gasteiger partial charge < -0.3 is 76.8 Å². The molecule has 81 heavy (non-hydrogen) atoms. The summed E-state index contributed by atoms with van der Waals surface area (Å²) < 4.78 is 57.3. The Morgan fingerprint density at radius 1 is 0.654 bits per heavy atom. The number of aryl methyl sites for hydroxylation is 2. The lowest BCUT2D eigenvalue weighted by Gasteiger charge is -2.48. The number of hydrogen-bond donors (Lipinski definition) is 6. The van der Waals surface area contributed by atoms with Crippen LogP contribution in [0.4, 0.5) is 9.59 Å². The van der Waals surface area contributed by atoms with Crippen molar-refractivity contribution in [3.05, 3.63) is 67.4 Å². The number of hydrogen-bond acceptors (Lipinski definition) is 24. The highest BCUT2D eigenvalue weighted by atomic mass is 16.7. The number of methoxy groups -OCH3 is 2. The normalized spacial score (nSPS) is 24.5. The smallest absolute Gasteiger partial charge is 0.431 e. The third-order valence-electron chi connectivity index (χ3n) is 13.2. The second-order valence-electron chi connectivity index (χ2n) is 18.4. The van der Waals surface area contributed by atoms with E-state index in [0.717, 1.165) is 0 Å². The number of nitrogens with zero attached hydrogens (tertiary/aromatic N) is 2. The lowest BCUT2D eigenvalue weighted by molar-refractivity contribution is -0.311. The van der Waals surface area contributed by atoms with Crippen molar-refractivity contribution in [2.24, 2.45) is 10.3 Å². The largest absolute Gasteiger partial charge is 0.506 e. The van der Waals surface area contributed by atoms with Gasteiger partial charge in [-0.2, -0.15) is 11.0 Å². The fraction of sp³-hybridized carbons (Fsp3) is 0.491. The van der Waals surface area contributed by atoms with Crippen molar-refractivity contribution in [2.45, 2.75) is 136 Å². The van der Waals surface area contributed by atoms with Crippen LogP contribution in [0.25, 0.3) is 21.9 Å². The first kappa shape index (κ1) is 63.7. The van der Waals surface area contributed by atoms with Crippen molar-refractivity contribution < 1.29 is 96.1 Å². The van der Waals surface area contributed by atoms with E-state index in [1.165, 1.54) is 52.3 Å². The molecule has 10 atom stereocenters. The second-order valence-corrected chi connectivity index (χ2v) is 18.4. The van der Waals surface area contributed by atoms with Crippen LogP contribution in [-0.4, -0.2) is 145 Å². The first-order valence-electron chi connectivity index (χ1n) is 25.1. The summed E-state index contributed by atoms with van der Waals surface area (Å²) in [6.07, 6.45) is 4.13. The highest BCUT2D eigenvalue weighted by molar-refractivity contribution is 6.05. The number of aromatic hydroxyl groups is 2. The number of hydroxylamine groups is 2. The van der Waals surface area contributed by atoms with Gasteiger partial charge in [0.2, 0.25) is 12.6 Å². The summed E-state index contributed by atoms with van der Waals surface area (Å²) in [6.45, 7) is 14.8. The van der Waals surface area contributed by atoms with Crippen LogP contribution in [0.5, 0.6) is 23.0 Å². The van der Waals surface area contributed by atoms with Crippen LogP contribution in [-0.2, 0) is 47.8 Å². The minimum Gasteiger partial charge on any atom is -0.506 e. The molecule has 4 aromatic rings. The van der Waals surface area contributed by atoms with Gasteiger partial charge in [0, 0.05) is 25.3 Å². The summed E-state index contributed by atoms with van der Waals surface area (Å²) >= 11 is 0. The van der Waals surface area contributed by atoms with E-state index in [9.17, 15) is 39.6 Å². The van der Waals surface area contributed by atoms with Gasteiger partial charge in [-0.25, -0.2) is 19.2 Å². The molecule has 0 radical (unpaired) electrons. The molecular weight excluding hydrogens is 1070 g/mol. The first-order chi connectivity index (χ1) is 38.5. The van der Waals surface area contributed by atoms with E-state index in [-0.39, 0.29) is 93.9 Å². The number of nitrogens with one attached hydrogen (secondary N) is 2. The lowest BCUT2D eigenvalue weighted by atomic mass is 9.86. The van der Waals surface area contributed by atoms with Crippen molar-refractivity contribution in [3.8, 4) is 60.0 Å². The topological polar surface area (TPSA) is 335 Å². The molecule has 6 N–H and O–H groups in total. The van der Waals surface area contributed by atoms with Crippen LogP contribution in [0.15, 0.2) is 53.0 Å². The first-order valence-corrected chi connectivity index (χ1v) is 25.1. The Bertz CT molecular complexity index is 3210. The van der Waals surface area contributed by atoms with Crippen LogP contribution in [0.3, 0.4) is 0 Å². The lowest BCUT2D eigenvalue weighted by Crippen LogP contribution is -2.66. The number of oxime groups is 2. The average molecular weight is 1140 g/mol. The molecule has 2 aliphatic rings. The monoisotopic (exact) mass is 1130 g/mol. The summed E-state index contributed by atoms with van der Waals surface area (Å²) in [6, 6.07) is 5.98. The van der Waals surface area contributed by atoms with Crippen molar-refractivity contribution in [2.75, 3.05) is 40.6 Å². The Morgan fingerprint density at radius 3 is 1.38 bits per heavy atom. The molecule has 8 unspecified atom stereocenters. The summed E-state index contributed by atoms with van der Waals surface area (Å²) in [7, 11) is 2.79. The van der Waals surface area contributed by atoms with Gasteiger partial charge in [0.25, 0.3) is 0 Å². The van der Waals surface area contributed by atoms with Crippen molar-refractivity contribution >= 4 is 45.5 Å². The van der Waals surface area contributed by atoms with Gasteiger partial charge >= 0.3 is 23.4 Å². The molecule has 2 aliphatic heterocycles. The highest BCUT2D eigenvalue weighted by Gasteiger charge is 2.56. The molecule has 0 saturated carbocycles. The van der Waals surface area contributed by atoms with E-state index in [1.807, 2.05) is 24.8 Å². The maximum atomic E-state index is 12.8. The van der Waals surface area contributed by atoms with E-state index in [2.05, 4.69) is 28.1 Å². The molecule has 26 heteroatoms. The number of rotatable bonds is 20. The molecule has 2 fully saturated rings. The molecule has 2 aromatic heterocycles. The van der Waals surface area contributed by atoms with Crippen LogP contribution >= 0.6 is 0 Å². The van der Waals surface area contributed by atoms with Crippen LogP contribution in [0, 0.1) is 50.9 Å². The van der Waals surface area contributed by atoms with Gasteiger partial charge in [0.15, 0.2) is 31.0 Å². The molecule has 26 nitrogen and oxygen atoms in total. The second kappa shape index (κ2) is 28.4. The van der Waals surface area contributed by atoms with E-state index in [4.69, 9.17) is 85.3 Å². The number of terminal acetylenes is 3. The molecule has 2 aromatic carbocycles. The molecule has 0 spiro atoms. The molecular formula is C55H66N4O22. The molecule has 2 saturated heterocycles. The molecule has 2 amide bonds. The number of carbonyl (C=O) groups excluding carboxylic acids is 2. The van der Waals surface area contributed by atoms with Gasteiger partial charge in [-0.05, 0) is 85.6 Å². The maximum Gasteiger partial charge on any atom is 0.431 e. The Balaban J connectivity index is 0.000000297. The standard InChI is InChI=1S/C28H32N2O11.C27H34N2O11/c1-8-13-36-29-16(5)19-20(31)17-11-12-18(15(4)22(17)39-25(19)33)38-26-21(32)23(40-27(34)30-37-14-9-2)24(35-7)28(6,10-3)41-26;1-8-13-36-29-26(33)39-22-20(31)25(40-27(6,9-2)23(22)34-7)37-17-12-11-16-19(30)18(15(5)28-35-10-3)24(32)38-21(16)14(17)4/h1-2,11-12,21,23-24,26,31-32H,10,13-14H2,3-7H3,(H,30,34);1,11-12,20,22-23,25,30-31H,9-10,13H2,2-7H3,(H,29,33)/b29-16+;28-15+/t21?,23?,24?,26?,28-;20?,22?,23?,25?,27-/m00/s1. The summed E-state index contributed by atoms with van der Waals surface area (Å²) in [5.41, 5.74) is 0.901. The van der Waals surface area contributed by atoms with Gasteiger partial charge in [0.05, 0.1) is 33.4 Å². The Morgan fingerprint density at radius 2 is 1.04 bits per heavy atom. The molecule has 438 valence electrons. The van der Waals surface area contributed by atoms with E-state index in [1.54, 1.807) is 34.6 Å². The zero-order chi connectivity index (χ0) is 59.9. The number of aliphatic hydroxyl groups is 2. The predicted molar refractivity (Wildman–Crippen MR) is 287 cm³/mol. The van der Waals surface area contributed by atoms with Crippen LogP contribution in [0.2, 0.25) is 0 Å². The number of carbonyl (C=O) groups is 2. The van der Waals surface area contributed by atoms with Crippen molar-refractivity contribution in [1.82, 2.24) is 11.0 Å². The average Bonchev–Trinajstić information content (AvgIpc) is 3.51. The maximum absolute atomic E-state index is 12.8. The molecule has 4 heterocycles. The Hall–Kier alpha value is -8.10. The van der Waals surface area contributed by atoms with E-state index >= 15 is 0 Å². The third kappa shape index (κ3) is 14.3.